The lowest BCUT2D eigenvalue weighted by atomic mass is 10.1. The van der Waals surface area contributed by atoms with E-state index in [0.29, 0.717) is 19.6 Å². The number of esters is 1. The lowest BCUT2D eigenvalue weighted by Gasteiger charge is -2.17. The molecule has 1 N–H and O–H groups in total. The Hall–Kier alpha value is -2.08. The molecule has 0 spiro atoms. The van der Waals surface area contributed by atoms with Crippen molar-refractivity contribution in [2.24, 2.45) is 0 Å². The summed E-state index contributed by atoms with van der Waals surface area (Å²) in [5.74, 6) is -0.453. The van der Waals surface area contributed by atoms with Gasteiger partial charge in [-0.05, 0) is 12.0 Å². The molecule has 1 unspecified atom stereocenters. The van der Waals surface area contributed by atoms with Gasteiger partial charge in [-0.3, -0.25) is 0 Å². The first-order valence-electron chi connectivity index (χ1n) is 7.80. The van der Waals surface area contributed by atoms with Crippen LogP contribution in [0.1, 0.15) is 25.3 Å². The van der Waals surface area contributed by atoms with Gasteiger partial charge in [0, 0.05) is 13.5 Å². The normalized spacial score (nSPS) is 11.6. The summed E-state index contributed by atoms with van der Waals surface area (Å²) in [4.78, 5) is 23.9. The first kappa shape index (κ1) is 19.0. The summed E-state index contributed by atoms with van der Waals surface area (Å²) in [5, 5.41) is 2.56. The molecule has 0 aliphatic carbocycles. The van der Waals surface area contributed by atoms with Gasteiger partial charge in [0.25, 0.3) is 0 Å². The molecule has 0 aliphatic heterocycles. The average molecular weight is 323 g/mol. The zero-order valence-corrected chi connectivity index (χ0v) is 13.7. The van der Waals surface area contributed by atoms with Crippen LogP contribution in [0.25, 0.3) is 0 Å². The maximum atomic E-state index is 12.2. The lowest BCUT2D eigenvalue weighted by Crippen LogP contribution is -2.44. The third-order valence-electron chi connectivity index (χ3n) is 3.12. The van der Waals surface area contributed by atoms with Gasteiger partial charge in [0.05, 0.1) is 13.2 Å². The number of hydrogen-bond donors (Lipinski definition) is 1. The number of nitrogens with one attached hydrogen (secondary N) is 1. The summed E-state index contributed by atoms with van der Waals surface area (Å²) in [6.45, 7) is 2.80. The molecule has 1 atom stereocenters. The predicted molar refractivity (Wildman–Crippen MR) is 86.2 cm³/mol. The smallest absolute Gasteiger partial charge is 0.407 e. The SMILES string of the molecule is CCCCOC(=O)C(Cc1ccccc1)NC(=O)OCCOC. The number of amides is 1. The van der Waals surface area contributed by atoms with E-state index in [1.807, 2.05) is 37.3 Å². The molecule has 1 aromatic carbocycles. The molecule has 23 heavy (non-hydrogen) atoms. The maximum Gasteiger partial charge on any atom is 0.407 e. The third kappa shape index (κ3) is 8.21. The number of rotatable bonds is 10. The number of hydrogen-bond acceptors (Lipinski definition) is 5. The first-order chi connectivity index (χ1) is 11.2. The highest BCUT2D eigenvalue weighted by Crippen LogP contribution is 2.06. The highest BCUT2D eigenvalue weighted by atomic mass is 16.6. The molecule has 6 heteroatoms. The van der Waals surface area contributed by atoms with Gasteiger partial charge in [0.1, 0.15) is 12.6 Å². The van der Waals surface area contributed by atoms with Crippen molar-refractivity contribution in [3.05, 3.63) is 35.9 Å². The van der Waals surface area contributed by atoms with E-state index in [4.69, 9.17) is 14.2 Å². The van der Waals surface area contributed by atoms with Crippen molar-refractivity contribution in [2.45, 2.75) is 32.2 Å². The van der Waals surface area contributed by atoms with Crippen molar-refractivity contribution in [3.63, 3.8) is 0 Å². The van der Waals surface area contributed by atoms with Crippen molar-refractivity contribution in [3.8, 4) is 0 Å². The van der Waals surface area contributed by atoms with Crippen LogP contribution < -0.4 is 5.32 Å². The summed E-state index contributed by atoms with van der Waals surface area (Å²) in [6.07, 6.45) is 1.42. The van der Waals surface area contributed by atoms with Crippen LogP contribution in [0.4, 0.5) is 4.79 Å². The van der Waals surface area contributed by atoms with Crippen molar-refractivity contribution in [1.82, 2.24) is 5.32 Å². The fourth-order valence-electron chi connectivity index (χ4n) is 1.86. The molecule has 1 amide bonds. The number of carbonyl (C=O) groups excluding carboxylic acids is 2. The lowest BCUT2D eigenvalue weighted by molar-refractivity contribution is -0.146. The number of ether oxygens (including phenoxy) is 3. The van der Waals surface area contributed by atoms with Crippen molar-refractivity contribution >= 4 is 12.1 Å². The summed E-state index contributed by atoms with van der Waals surface area (Å²) < 4.78 is 15.0. The standard InChI is InChI=1S/C17H25NO5/c1-3-4-10-22-16(19)15(13-14-8-6-5-7-9-14)18-17(20)23-12-11-21-2/h5-9,15H,3-4,10-13H2,1-2H3,(H,18,20). The van der Waals surface area contributed by atoms with Crippen LogP contribution in [-0.2, 0) is 25.4 Å². The van der Waals surface area contributed by atoms with Crippen LogP contribution in [-0.4, -0.2) is 45.0 Å². The molecule has 0 saturated heterocycles. The fourth-order valence-corrected chi connectivity index (χ4v) is 1.86. The van der Waals surface area contributed by atoms with Gasteiger partial charge in [-0.15, -0.1) is 0 Å². The van der Waals surface area contributed by atoms with Crippen LogP contribution in [0.3, 0.4) is 0 Å². The Morgan fingerprint density at radius 3 is 2.48 bits per heavy atom. The quantitative estimate of drug-likeness (QED) is 0.528. The Bertz CT molecular complexity index is 463. The highest BCUT2D eigenvalue weighted by Gasteiger charge is 2.23. The number of alkyl carbamates (subject to hydrolysis) is 1. The number of benzene rings is 1. The monoisotopic (exact) mass is 323 g/mol. The van der Waals surface area contributed by atoms with Gasteiger partial charge in [-0.25, -0.2) is 9.59 Å². The largest absolute Gasteiger partial charge is 0.464 e. The summed E-state index contributed by atoms with van der Waals surface area (Å²) in [5.41, 5.74) is 0.933. The zero-order valence-electron chi connectivity index (χ0n) is 13.7. The molecule has 6 nitrogen and oxygen atoms in total. The van der Waals surface area contributed by atoms with E-state index in [2.05, 4.69) is 5.32 Å². The Morgan fingerprint density at radius 1 is 1.09 bits per heavy atom. The Labute approximate surface area is 137 Å². The Balaban J connectivity index is 2.60. The second-order valence-corrected chi connectivity index (χ2v) is 5.04. The summed E-state index contributed by atoms with van der Waals surface area (Å²) >= 11 is 0. The van der Waals surface area contributed by atoms with E-state index < -0.39 is 18.1 Å². The van der Waals surface area contributed by atoms with Crippen LogP contribution in [0.15, 0.2) is 30.3 Å². The van der Waals surface area contributed by atoms with E-state index in [9.17, 15) is 9.59 Å². The molecule has 0 saturated carbocycles. The maximum absolute atomic E-state index is 12.2. The van der Waals surface area contributed by atoms with Crippen LogP contribution in [0, 0.1) is 0 Å². The van der Waals surface area contributed by atoms with Gasteiger partial charge >= 0.3 is 12.1 Å². The van der Waals surface area contributed by atoms with Gasteiger partial charge in [-0.1, -0.05) is 43.7 Å². The second-order valence-electron chi connectivity index (χ2n) is 5.04. The van der Waals surface area contributed by atoms with Gasteiger partial charge in [-0.2, -0.15) is 0 Å². The van der Waals surface area contributed by atoms with E-state index in [1.54, 1.807) is 0 Å². The van der Waals surface area contributed by atoms with Gasteiger partial charge < -0.3 is 19.5 Å². The Kier molecular flexibility index (Phi) is 9.47. The fraction of sp³-hybridized carbons (Fsp3) is 0.529. The summed E-state index contributed by atoms with van der Waals surface area (Å²) in [6, 6.07) is 8.67. The molecule has 1 rings (SSSR count). The molecule has 0 bridgehead atoms. The van der Waals surface area contributed by atoms with Gasteiger partial charge in [0.15, 0.2) is 0 Å². The van der Waals surface area contributed by atoms with Crippen molar-refractivity contribution in [1.29, 1.82) is 0 Å². The minimum absolute atomic E-state index is 0.130. The first-order valence-corrected chi connectivity index (χ1v) is 7.80. The minimum Gasteiger partial charge on any atom is -0.464 e. The van der Waals surface area contributed by atoms with Gasteiger partial charge in [0.2, 0.25) is 0 Å². The number of methoxy groups -OCH3 is 1. The third-order valence-corrected chi connectivity index (χ3v) is 3.12. The molecular formula is C17H25NO5. The topological polar surface area (TPSA) is 73.9 Å². The highest BCUT2D eigenvalue weighted by molar-refractivity contribution is 5.81. The molecule has 0 radical (unpaired) electrons. The minimum atomic E-state index is -0.774. The van der Waals surface area contributed by atoms with E-state index >= 15 is 0 Å². The van der Waals surface area contributed by atoms with E-state index in [-0.39, 0.29) is 6.61 Å². The van der Waals surface area contributed by atoms with E-state index in [0.717, 1.165) is 18.4 Å². The predicted octanol–water partition coefficient (Wildman–Crippen LogP) is 2.31. The van der Waals surface area contributed by atoms with Crippen LogP contribution in [0.5, 0.6) is 0 Å². The van der Waals surface area contributed by atoms with Crippen LogP contribution in [0.2, 0.25) is 0 Å². The summed E-state index contributed by atoms with van der Waals surface area (Å²) in [7, 11) is 1.52. The average Bonchev–Trinajstić information content (AvgIpc) is 2.55. The molecule has 0 aromatic heterocycles. The molecule has 0 aliphatic rings. The molecule has 1 aromatic rings. The molecular weight excluding hydrogens is 298 g/mol. The Morgan fingerprint density at radius 2 is 1.83 bits per heavy atom. The molecule has 128 valence electrons. The van der Waals surface area contributed by atoms with E-state index in [1.165, 1.54) is 7.11 Å². The molecule has 0 heterocycles. The number of unbranched alkanes of at least 4 members (excludes halogenated alkanes) is 1. The number of carbonyl (C=O) groups is 2. The van der Waals surface area contributed by atoms with Crippen LogP contribution >= 0.6 is 0 Å². The van der Waals surface area contributed by atoms with Crippen molar-refractivity contribution in [2.75, 3.05) is 26.9 Å². The second kappa shape index (κ2) is 11.5. The molecule has 0 fully saturated rings. The van der Waals surface area contributed by atoms with Crippen molar-refractivity contribution < 1.29 is 23.8 Å². The zero-order chi connectivity index (χ0) is 16.9.